The summed E-state index contributed by atoms with van der Waals surface area (Å²) in [5.74, 6) is 2.55. The number of amides is 1. The van der Waals surface area contributed by atoms with Crippen molar-refractivity contribution in [2.75, 3.05) is 26.5 Å². The molecule has 0 radical (unpaired) electrons. The summed E-state index contributed by atoms with van der Waals surface area (Å²) < 4.78 is 10.8. The van der Waals surface area contributed by atoms with Crippen LogP contribution in [0.5, 0.6) is 11.5 Å². The largest absolute Gasteiger partial charge is 0.497 e. The molecule has 6 heteroatoms. The number of benzene rings is 1. The summed E-state index contributed by atoms with van der Waals surface area (Å²) in [7, 11) is 3.29. The van der Waals surface area contributed by atoms with Gasteiger partial charge in [-0.3, -0.25) is 4.79 Å². The Hall–Kier alpha value is -1.66. The predicted molar refractivity (Wildman–Crippen MR) is 90.1 cm³/mol. The molecule has 2 aromatic rings. The zero-order valence-electron chi connectivity index (χ0n) is 12.4. The molecule has 0 N–H and O–H groups in total. The molecule has 0 bridgehead atoms. The standard InChI is InChI=1S/C16H17NO3S2/c1-19-11-5-6-13(20-2)12(10-11)16-17(7-9-22-16)15(18)14-4-3-8-21-14/h3-6,8,10,16H,7,9H2,1-2H3/t16-/m0/s1. The number of thiophene rings is 1. The molecule has 0 aliphatic carbocycles. The molecular weight excluding hydrogens is 318 g/mol. The number of carbonyl (C=O) groups excluding carboxylic acids is 1. The molecule has 22 heavy (non-hydrogen) atoms. The first-order chi connectivity index (χ1) is 10.7. The van der Waals surface area contributed by atoms with Crippen molar-refractivity contribution in [2.24, 2.45) is 0 Å². The van der Waals surface area contributed by atoms with E-state index in [0.717, 1.165) is 34.2 Å². The third-order valence-electron chi connectivity index (χ3n) is 3.59. The average molecular weight is 335 g/mol. The Bertz CT molecular complexity index is 657. The summed E-state index contributed by atoms with van der Waals surface area (Å²) in [6.07, 6.45) is 0. The summed E-state index contributed by atoms with van der Waals surface area (Å²) in [5.41, 5.74) is 0.981. The van der Waals surface area contributed by atoms with Crippen molar-refractivity contribution < 1.29 is 14.3 Å². The van der Waals surface area contributed by atoms with Gasteiger partial charge in [0, 0.05) is 17.9 Å². The van der Waals surface area contributed by atoms with Gasteiger partial charge in [-0.2, -0.15) is 0 Å². The van der Waals surface area contributed by atoms with Crippen LogP contribution in [0, 0.1) is 0 Å². The maximum absolute atomic E-state index is 12.7. The molecule has 0 unspecified atom stereocenters. The summed E-state index contributed by atoms with van der Waals surface area (Å²) in [6.45, 7) is 0.742. The lowest BCUT2D eigenvalue weighted by Crippen LogP contribution is -2.30. The van der Waals surface area contributed by atoms with E-state index in [-0.39, 0.29) is 11.3 Å². The SMILES string of the molecule is COc1ccc(OC)c([C@@H]2SCCN2C(=O)c2cccs2)c1. The van der Waals surface area contributed by atoms with Crippen LogP contribution >= 0.6 is 23.1 Å². The molecule has 2 heterocycles. The summed E-state index contributed by atoms with van der Waals surface area (Å²) in [6, 6.07) is 9.49. The zero-order valence-corrected chi connectivity index (χ0v) is 14.1. The minimum Gasteiger partial charge on any atom is -0.497 e. The molecule has 1 aromatic carbocycles. The molecule has 1 amide bonds. The maximum Gasteiger partial charge on any atom is 0.265 e. The van der Waals surface area contributed by atoms with Gasteiger partial charge in [-0.1, -0.05) is 6.07 Å². The molecule has 3 rings (SSSR count). The van der Waals surface area contributed by atoms with Crippen LogP contribution in [0.15, 0.2) is 35.7 Å². The van der Waals surface area contributed by atoms with Crippen molar-refractivity contribution in [3.63, 3.8) is 0 Å². The van der Waals surface area contributed by atoms with Gasteiger partial charge in [0.1, 0.15) is 16.9 Å². The van der Waals surface area contributed by atoms with Crippen LogP contribution < -0.4 is 9.47 Å². The first kappa shape index (κ1) is 15.2. The van der Waals surface area contributed by atoms with Gasteiger partial charge < -0.3 is 14.4 Å². The second-order valence-electron chi connectivity index (χ2n) is 4.81. The molecular formula is C16H17NO3S2. The van der Waals surface area contributed by atoms with Crippen LogP contribution in [0.25, 0.3) is 0 Å². The van der Waals surface area contributed by atoms with E-state index in [9.17, 15) is 4.79 Å². The lowest BCUT2D eigenvalue weighted by molar-refractivity contribution is 0.0764. The highest BCUT2D eigenvalue weighted by Gasteiger charge is 2.33. The monoisotopic (exact) mass is 335 g/mol. The second-order valence-corrected chi connectivity index (χ2v) is 6.94. The highest BCUT2D eigenvalue weighted by molar-refractivity contribution is 7.99. The fraction of sp³-hybridized carbons (Fsp3) is 0.312. The zero-order chi connectivity index (χ0) is 15.5. The van der Waals surface area contributed by atoms with Crippen molar-refractivity contribution in [3.05, 3.63) is 46.2 Å². The van der Waals surface area contributed by atoms with E-state index >= 15 is 0 Å². The van der Waals surface area contributed by atoms with Crippen LogP contribution in [0.3, 0.4) is 0 Å². The number of hydrogen-bond acceptors (Lipinski definition) is 5. The average Bonchev–Trinajstić information content (AvgIpc) is 3.24. The summed E-state index contributed by atoms with van der Waals surface area (Å²) >= 11 is 3.23. The van der Waals surface area contributed by atoms with E-state index in [4.69, 9.17) is 9.47 Å². The topological polar surface area (TPSA) is 38.8 Å². The van der Waals surface area contributed by atoms with Gasteiger partial charge in [-0.25, -0.2) is 0 Å². The number of hydrogen-bond donors (Lipinski definition) is 0. The molecule has 4 nitrogen and oxygen atoms in total. The first-order valence-corrected chi connectivity index (χ1v) is 8.85. The quantitative estimate of drug-likeness (QED) is 0.855. The lowest BCUT2D eigenvalue weighted by Gasteiger charge is -2.25. The van der Waals surface area contributed by atoms with Gasteiger partial charge in [0.25, 0.3) is 5.91 Å². The molecule has 1 aliphatic heterocycles. The van der Waals surface area contributed by atoms with E-state index in [0.29, 0.717) is 0 Å². The van der Waals surface area contributed by atoms with Crippen molar-refractivity contribution in [2.45, 2.75) is 5.37 Å². The smallest absolute Gasteiger partial charge is 0.265 e. The molecule has 1 atom stereocenters. The number of carbonyl (C=O) groups is 1. The Morgan fingerprint density at radius 3 is 2.82 bits per heavy atom. The van der Waals surface area contributed by atoms with Crippen LogP contribution in [0.2, 0.25) is 0 Å². The van der Waals surface area contributed by atoms with Gasteiger partial charge in [0.05, 0.1) is 19.1 Å². The van der Waals surface area contributed by atoms with Gasteiger partial charge in [-0.05, 0) is 29.6 Å². The van der Waals surface area contributed by atoms with Crippen molar-refractivity contribution in [1.82, 2.24) is 4.90 Å². The minimum absolute atomic E-state index is 0.0420. The predicted octanol–water partition coefficient (Wildman–Crippen LogP) is 3.65. The van der Waals surface area contributed by atoms with Crippen LogP contribution in [-0.2, 0) is 0 Å². The van der Waals surface area contributed by atoms with Crippen molar-refractivity contribution >= 4 is 29.0 Å². The number of thioether (sulfide) groups is 1. The number of ether oxygens (including phenoxy) is 2. The third-order valence-corrected chi connectivity index (χ3v) is 5.69. The highest BCUT2D eigenvalue weighted by Crippen LogP contribution is 2.43. The molecule has 1 fully saturated rings. The molecule has 0 saturated carbocycles. The maximum atomic E-state index is 12.7. The van der Waals surface area contributed by atoms with E-state index in [1.165, 1.54) is 11.3 Å². The van der Waals surface area contributed by atoms with E-state index in [2.05, 4.69) is 0 Å². The van der Waals surface area contributed by atoms with Crippen LogP contribution in [-0.4, -0.2) is 37.3 Å². The van der Waals surface area contributed by atoms with Gasteiger partial charge in [-0.15, -0.1) is 23.1 Å². The van der Waals surface area contributed by atoms with Gasteiger partial charge in [0.15, 0.2) is 0 Å². The molecule has 0 spiro atoms. The highest BCUT2D eigenvalue weighted by atomic mass is 32.2. The minimum atomic E-state index is -0.0420. The van der Waals surface area contributed by atoms with E-state index in [1.807, 2.05) is 40.6 Å². The number of rotatable bonds is 4. The number of methoxy groups -OCH3 is 2. The normalized spacial score (nSPS) is 17.5. The summed E-state index contributed by atoms with van der Waals surface area (Å²) in [5, 5.41) is 1.89. The Balaban J connectivity index is 1.94. The van der Waals surface area contributed by atoms with Crippen LogP contribution in [0.4, 0.5) is 0 Å². The van der Waals surface area contributed by atoms with Crippen molar-refractivity contribution in [1.29, 1.82) is 0 Å². The third kappa shape index (κ3) is 2.80. The second kappa shape index (κ2) is 6.62. The Labute approximate surface area is 138 Å². The summed E-state index contributed by atoms with van der Waals surface area (Å²) in [4.78, 5) is 15.4. The fourth-order valence-electron chi connectivity index (χ4n) is 2.51. The van der Waals surface area contributed by atoms with E-state index in [1.54, 1.807) is 26.0 Å². The number of nitrogens with zero attached hydrogens (tertiary/aromatic N) is 1. The lowest BCUT2D eigenvalue weighted by atomic mass is 10.1. The van der Waals surface area contributed by atoms with Crippen molar-refractivity contribution in [3.8, 4) is 11.5 Å². The first-order valence-electron chi connectivity index (χ1n) is 6.92. The van der Waals surface area contributed by atoms with Gasteiger partial charge in [0.2, 0.25) is 0 Å². The molecule has 1 aliphatic rings. The Morgan fingerprint density at radius 2 is 2.14 bits per heavy atom. The van der Waals surface area contributed by atoms with Gasteiger partial charge >= 0.3 is 0 Å². The molecule has 1 aromatic heterocycles. The Kier molecular flexibility index (Phi) is 4.59. The fourth-order valence-corrected chi connectivity index (χ4v) is 4.46. The van der Waals surface area contributed by atoms with E-state index < -0.39 is 0 Å². The molecule has 1 saturated heterocycles. The molecule has 116 valence electrons. The van der Waals surface area contributed by atoms with Crippen LogP contribution in [0.1, 0.15) is 20.6 Å². The Morgan fingerprint density at radius 1 is 1.27 bits per heavy atom.